The fraction of sp³-hybridized carbons (Fsp3) is 0.333. The molecule has 0 aliphatic heterocycles. The number of nitriles is 1. The van der Waals surface area contributed by atoms with E-state index in [1.54, 1.807) is 19.2 Å². The number of rotatable bonds is 4. The summed E-state index contributed by atoms with van der Waals surface area (Å²) in [5.74, 6) is 0.420. The van der Waals surface area contributed by atoms with Gasteiger partial charge in [0.2, 0.25) is 0 Å². The van der Waals surface area contributed by atoms with Crippen molar-refractivity contribution in [2.45, 2.75) is 19.3 Å². The molecule has 0 aliphatic rings. The van der Waals surface area contributed by atoms with Gasteiger partial charge in [-0.05, 0) is 24.6 Å². The van der Waals surface area contributed by atoms with Crippen LogP contribution in [-0.2, 0) is 4.79 Å². The van der Waals surface area contributed by atoms with Crippen LogP contribution in [0.15, 0.2) is 24.3 Å². The first-order valence-electron chi connectivity index (χ1n) is 4.70. The van der Waals surface area contributed by atoms with E-state index in [0.29, 0.717) is 0 Å². The van der Waals surface area contributed by atoms with E-state index >= 15 is 0 Å². The second kappa shape index (κ2) is 5.16. The largest absolute Gasteiger partial charge is 0.497 e. The molecule has 0 saturated heterocycles. The van der Waals surface area contributed by atoms with Crippen molar-refractivity contribution >= 4 is 5.78 Å². The number of hydrogen-bond acceptors (Lipinski definition) is 3. The molecule has 0 amide bonds. The van der Waals surface area contributed by atoms with Gasteiger partial charge >= 0.3 is 0 Å². The molecular formula is C12H13NO2. The van der Waals surface area contributed by atoms with Gasteiger partial charge in [0.1, 0.15) is 11.5 Å². The Morgan fingerprint density at radius 1 is 1.47 bits per heavy atom. The van der Waals surface area contributed by atoms with Gasteiger partial charge in [-0.3, -0.25) is 4.79 Å². The predicted octanol–water partition coefficient (Wildman–Crippen LogP) is 2.28. The lowest BCUT2D eigenvalue weighted by molar-refractivity contribution is -0.117. The van der Waals surface area contributed by atoms with E-state index in [2.05, 4.69) is 6.07 Å². The summed E-state index contributed by atoms with van der Waals surface area (Å²) in [6.07, 6.45) is 0.267. The van der Waals surface area contributed by atoms with E-state index in [0.717, 1.165) is 11.3 Å². The monoisotopic (exact) mass is 203 g/mol. The number of ketones is 1. The number of nitrogens with zero attached hydrogens (tertiary/aromatic N) is 1. The standard InChI is InChI=1S/C12H13NO2/c1-9(14)7-11(8-13)10-3-5-12(15-2)6-4-10/h3-6,11H,7H2,1-2H3. The number of carbonyl (C=O) groups is 1. The quantitative estimate of drug-likeness (QED) is 0.754. The van der Waals surface area contributed by atoms with Crippen molar-refractivity contribution in [3.8, 4) is 11.8 Å². The summed E-state index contributed by atoms with van der Waals surface area (Å²) in [7, 11) is 1.59. The Hall–Kier alpha value is -1.82. The third-order valence-electron chi connectivity index (χ3n) is 2.17. The van der Waals surface area contributed by atoms with Gasteiger partial charge in [0.25, 0.3) is 0 Å². The Bertz CT molecular complexity index is 376. The molecular weight excluding hydrogens is 190 g/mol. The van der Waals surface area contributed by atoms with Crippen molar-refractivity contribution in [2.75, 3.05) is 7.11 Å². The number of methoxy groups -OCH3 is 1. The first kappa shape index (κ1) is 11.3. The van der Waals surface area contributed by atoms with Crippen LogP contribution < -0.4 is 4.74 Å². The molecule has 78 valence electrons. The van der Waals surface area contributed by atoms with Gasteiger partial charge in [0.05, 0.1) is 19.1 Å². The van der Waals surface area contributed by atoms with Gasteiger partial charge in [-0.1, -0.05) is 12.1 Å². The molecule has 1 aromatic carbocycles. The number of ether oxygens (including phenoxy) is 1. The smallest absolute Gasteiger partial charge is 0.131 e. The van der Waals surface area contributed by atoms with E-state index in [1.807, 2.05) is 12.1 Å². The Morgan fingerprint density at radius 2 is 2.07 bits per heavy atom. The average molecular weight is 203 g/mol. The van der Waals surface area contributed by atoms with E-state index < -0.39 is 0 Å². The number of benzene rings is 1. The van der Waals surface area contributed by atoms with Crippen molar-refractivity contribution in [1.29, 1.82) is 5.26 Å². The van der Waals surface area contributed by atoms with Gasteiger partial charge in [-0.25, -0.2) is 0 Å². The van der Waals surface area contributed by atoms with Crippen LogP contribution in [0.3, 0.4) is 0 Å². The van der Waals surface area contributed by atoms with Gasteiger partial charge in [0, 0.05) is 6.42 Å². The zero-order valence-corrected chi connectivity index (χ0v) is 8.86. The minimum absolute atomic E-state index is 0.0253. The lowest BCUT2D eigenvalue weighted by Gasteiger charge is -2.07. The fourth-order valence-electron chi connectivity index (χ4n) is 1.36. The SMILES string of the molecule is COc1ccc(C(C#N)CC(C)=O)cc1. The summed E-state index contributed by atoms with van der Waals surface area (Å²) < 4.78 is 5.01. The maximum Gasteiger partial charge on any atom is 0.131 e. The molecule has 0 saturated carbocycles. The molecule has 1 unspecified atom stereocenters. The molecule has 1 aromatic rings. The first-order chi connectivity index (χ1) is 7.17. The Kier molecular flexibility index (Phi) is 3.87. The van der Waals surface area contributed by atoms with Gasteiger partial charge < -0.3 is 4.74 Å². The zero-order chi connectivity index (χ0) is 11.3. The lowest BCUT2D eigenvalue weighted by Crippen LogP contribution is -2.01. The van der Waals surface area contributed by atoms with Crippen molar-refractivity contribution in [1.82, 2.24) is 0 Å². The highest BCUT2D eigenvalue weighted by Gasteiger charge is 2.12. The highest BCUT2D eigenvalue weighted by atomic mass is 16.5. The molecule has 0 aliphatic carbocycles. The molecule has 0 fully saturated rings. The summed E-state index contributed by atoms with van der Waals surface area (Å²) >= 11 is 0. The third kappa shape index (κ3) is 3.10. The Labute approximate surface area is 89.3 Å². The van der Waals surface area contributed by atoms with Crippen molar-refractivity contribution in [3.05, 3.63) is 29.8 Å². The molecule has 0 bridgehead atoms. The molecule has 0 heterocycles. The molecule has 15 heavy (non-hydrogen) atoms. The molecule has 1 rings (SSSR count). The number of hydrogen-bond donors (Lipinski definition) is 0. The van der Waals surface area contributed by atoms with Crippen molar-refractivity contribution in [3.63, 3.8) is 0 Å². The number of carbonyl (C=O) groups excluding carboxylic acids is 1. The summed E-state index contributed by atoms with van der Waals surface area (Å²) in [5.41, 5.74) is 0.855. The molecule has 0 N–H and O–H groups in total. The topological polar surface area (TPSA) is 50.1 Å². The molecule has 3 heteroatoms. The van der Waals surface area contributed by atoms with Gasteiger partial charge in [0.15, 0.2) is 0 Å². The Morgan fingerprint density at radius 3 is 2.47 bits per heavy atom. The minimum atomic E-state index is -0.353. The second-order valence-corrected chi connectivity index (χ2v) is 3.36. The van der Waals surface area contributed by atoms with Crippen LogP contribution in [-0.4, -0.2) is 12.9 Å². The molecule has 0 radical (unpaired) electrons. The molecule has 1 atom stereocenters. The summed E-state index contributed by atoms with van der Waals surface area (Å²) in [6.45, 7) is 1.49. The Balaban J connectivity index is 2.84. The summed E-state index contributed by atoms with van der Waals surface area (Å²) in [4.78, 5) is 10.9. The number of Topliss-reactive ketones (excluding diaryl/α,β-unsaturated/α-hetero) is 1. The fourth-order valence-corrected chi connectivity index (χ4v) is 1.36. The minimum Gasteiger partial charge on any atom is -0.497 e. The van der Waals surface area contributed by atoms with Crippen LogP contribution in [0.1, 0.15) is 24.8 Å². The van der Waals surface area contributed by atoms with Crippen LogP contribution in [0, 0.1) is 11.3 Å². The van der Waals surface area contributed by atoms with E-state index in [1.165, 1.54) is 6.92 Å². The molecule has 3 nitrogen and oxygen atoms in total. The summed E-state index contributed by atoms with van der Waals surface area (Å²) in [5, 5.41) is 8.92. The van der Waals surface area contributed by atoms with Crippen LogP contribution in [0.4, 0.5) is 0 Å². The summed E-state index contributed by atoms with van der Waals surface area (Å²) in [6, 6.07) is 9.34. The van der Waals surface area contributed by atoms with Crippen LogP contribution >= 0.6 is 0 Å². The van der Waals surface area contributed by atoms with Gasteiger partial charge in [-0.15, -0.1) is 0 Å². The predicted molar refractivity (Wildman–Crippen MR) is 56.6 cm³/mol. The van der Waals surface area contributed by atoms with E-state index in [4.69, 9.17) is 10.00 Å². The van der Waals surface area contributed by atoms with Crippen molar-refractivity contribution in [2.24, 2.45) is 0 Å². The highest BCUT2D eigenvalue weighted by Crippen LogP contribution is 2.21. The van der Waals surface area contributed by atoms with Crippen molar-refractivity contribution < 1.29 is 9.53 Å². The first-order valence-corrected chi connectivity index (χ1v) is 4.70. The lowest BCUT2D eigenvalue weighted by atomic mass is 9.95. The maximum atomic E-state index is 10.9. The maximum absolute atomic E-state index is 10.9. The third-order valence-corrected chi connectivity index (χ3v) is 2.17. The molecule has 0 aromatic heterocycles. The van der Waals surface area contributed by atoms with Crippen LogP contribution in [0.2, 0.25) is 0 Å². The van der Waals surface area contributed by atoms with Crippen LogP contribution in [0.25, 0.3) is 0 Å². The average Bonchev–Trinajstić information content (AvgIpc) is 2.26. The second-order valence-electron chi connectivity index (χ2n) is 3.36. The van der Waals surface area contributed by atoms with Crippen LogP contribution in [0.5, 0.6) is 5.75 Å². The van der Waals surface area contributed by atoms with E-state index in [9.17, 15) is 4.79 Å². The zero-order valence-electron chi connectivity index (χ0n) is 8.86. The molecule has 0 spiro atoms. The van der Waals surface area contributed by atoms with E-state index in [-0.39, 0.29) is 18.1 Å². The highest BCUT2D eigenvalue weighted by molar-refractivity contribution is 5.77. The van der Waals surface area contributed by atoms with Gasteiger partial charge in [-0.2, -0.15) is 5.26 Å². The normalized spacial score (nSPS) is 11.5.